The van der Waals surface area contributed by atoms with Crippen LogP contribution in [0.3, 0.4) is 0 Å². The molecule has 7 heterocycles. The van der Waals surface area contributed by atoms with Gasteiger partial charge >= 0.3 is 11.9 Å². The number of cyclic esters (lactones) is 2. The van der Waals surface area contributed by atoms with Gasteiger partial charge in [0, 0.05) is 96.8 Å². The van der Waals surface area contributed by atoms with Gasteiger partial charge in [-0.2, -0.15) is 0 Å². The standard InChI is InChI=1S/C59H87NO13.C55H85NO13/c1-36-19-13-11-14-20-37(2)51(71-35-50(63)45-21-15-12-16-22-45)33-46-26-24-42(7)59(68,73-46)56(65)57(66)60-28-18-17-23-47(60)58(67)72-52(40(5)31-44-25-27-48(61)53(32-44)69-9)34-49(62)39(4)30-41(6)54(64)55(70-10)43(8)38(3)29-36;1-33-16-12-11-13-17-34(2)47(67-32-42-30-66-31-42)28-43-21-19-39(7)55(63,69-43)52(60)53(61)56-23-15-14-18-44(56)54(62)68-48(37(5)26-41-20-22-45(57)49(27-41)64-9)29-46(58)36(4)25-38(6)50(59)51(65-10)40(8)35(3)24-33/h11-16,19-22,30,36,38-40,42,44,46-48,50-55,61,63-64,68H,8,17-18,23-29,31-35H2,1-7,9-10H3;11-13,16-17,25,33,35-37,39,41-45,47-51,57,59,63H,8,14-15,18-24,26-32H2,1-7,9-10H3/b14-11+,19-13+,37-20+,41-30+;13-11+,16-12+,34-17+,38-25+/t36-,38-,39-,40-,42-,44+,46+,47?,48-,50+,51?,52+,53-,54-,55+,59-;33-,35-,36-,37-,39-,41+,43+,44?,45-,47?,48+,49-,50-,51+,55-/m11/s1. The first-order valence-electron chi connectivity index (χ1n) is 52.6. The van der Waals surface area contributed by atoms with E-state index in [4.69, 9.17) is 52.1 Å². The van der Waals surface area contributed by atoms with Crippen molar-refractivity contribution in [1.82, 2.24) is 9.80 Å². The second-order valence-corrected chi connectivity index (χ2v) is 43.1. The van der Waals surface area contributed by atoms with E-state index in [0.29, 0.717) is 133 Å². The van der Waals surface area contributed by atoms with Gasteiger partial charge in [0.2, 0.25) is 11.6 Å². The van der Waals surface area contributed by atoms with Crippen LogP contribution in [0.25, 0.3) is 0 Å². The van der Waals surface area contributed by atoms with Gasteiger partial charge in [-0.05, 0) is 242 Å². The molecule has 7 N–H and O–H groups in total. The predicted octanol–water partition coefficient (Wildman–Crippen LogP) is 15.5. The maximum Gasteiger partial charge on any atom is 0.329 e. The molecule has 4 unspecified atom stereocenters. The van der Waals surface area contributed by atoms with E-state index in [2.05, 4.69) is 53.0 Å². The summed E-state index contributed by atoms with van der Waals surface area (Å²) in [6, 6.07) is 6.90. The first-order chi connectivity index (χ1) is 67.4. The molecule has 0 radical (unpaired) electrons. The number of ketones is 4. The van der Waals surface area contributed by atoms with Crippen LogP contribution < -0.4 is 0 Å². The number of ether oxygens (including phenoxy) is 11. The van der Waals surface area contributed by atoms with Crippen LogP contribution in [-0.2, 0) is 90.5 Å². The molecule has 10 rings (SSSR count). The largest absolute Gasteiger partial charge is 0.460 e. The van der Waals surface area contributed by atoms with Crippen molar-refractivity contribution in [2.75, 3.05) is 68.0 Å². The number of carbonyl (C=O) groups is 8. The molecule has 5 saturated heterocycles. The number of allylic oxidation sites excluding steroid dienone is 12. The average molecular weight is 1990 g/mol. The molecule has 31 atom stereocenters. The van der Waals surface area contributed by atoms with Gasteiger partial charge in [0.1, 0.15) is 66.4 Å². The monoisotopic (exact) mass is 1990 g/mol. The highest BCUT2D eigenvalue weighted by molar-refractivity contribution is 6.39. The Bertz CT molecular complexity index is 4550. The van der Waals surface area contributed by atoms with Gasteiger partial charge < -0.3 is 97.7 Å². The van der Waals surface area contributed by atoms with E-state index in [1.807, 2.05) is 107 Å². The molecule has 0 aromatic heterocycles. The molecule has 28 nitrogen and oxygen atoms in total. The first kappa shape index (κ1) is 118. The smallest absolute Gasteiger partial charge is 0.329 e. The van der Waals surface area contributed by atoms with Crippen LogP contribution in [0, 0.1) is 76.9 Å². The van der Waals surface area contributed by atoms with Gasteiger partial charge in [-0.1, -0.05) is 186 Å². The van der Waals surface area contributed by atoms with Crippen LogP contribution in [0.4, 0.5) is 0 Å². The fourth-order valence-corrected chi connectivity index (χ4v) is 21.9. The summed E-state index contributed by atoms with van der Waals surface area (Å²) >= 11 is 0. The molecule has 142 heavy (non-hydrogen) atoms. The van der Waals surface area contributed by atoms with Crippen LogP contribution >= 0.6 is 0 Å². The quantitative estimate of drug-likeness (QED) is 0.0433. The summed E-state index contributed by atoms with van der Waals surface area (Å²) in [5.41, 5.74) is 4.97. The Morgan fingerprint density at radius 3 is 1.27 bits per heavy atom. The molecule has 7 fully saturated rings. The van der Waals surface area contributed by atoms with Gasteiger partial charge in [0.25, 0.3) is 23.4 Å². The lowest BCUT2D eigenvalue weighted by molar-refractivity contribution is -0.266. The van der Waals surface area contributed by atoms with Crippen LogP contribution in [0.2, 0.25) is 0 Å². The van der Waals surface area contributed by atoms with E-state index < -0.39 is 162 Å². The SMILES string of the molecule is C=C1[C@H](C)C[C@H](C)/C=C/C=C/C=C(\C)C(OCC2COC2)C[C@@H]2CC[C@@H](C)[C@@](O)(O2)C(=O)C(=O)N2CCCCC2C(=O)O[C@H]([C@H](C)C[C@@H]2CC[C@@H](O)[C@H](OC)C2)CC(=O)[C@H](C)/C=C(\C)[C@@H](O)[C@H]1OC.C=C1[C@H](C)C[C@H](C)/C=C/C=C/C=C(\C)C(OC[C@H](O)c2ccccc2)C[C@@H]2CC[C@@H](C)[C@@](O)(O2)C(=O)C(=O)N2CCCCC2C(=O)O[C@H]([C@H](C)C[C@@H]2CC[C@@H](O)[C@H](OC)C2)CC(=O)[C@H](C)/C=C(\C)[C@@H](O)[C@H]1OC. The number of carbonyl (C=O) groups excluding carboxylic acids is 8. The number of hydrogen-bond acceptors (Lipinski definition) is 26. The predicted molar refractivity (Wildman–Crippen MR) is 542 cm³/mol. The topological polar surface area (TPSA) is 386 Å². The average Bonchev–Trinajstić information content (AvgIpc) is 0.773. The fraction of sp³-hybridized carbons (Fsp3) is 0.702. The molecule has 1 aromatic carbocycles. The first-order valence-corrected chi connectivity index (χ1v) is 52.6. The highest BCUT2D eigenvalue weighted by atomic mass is 16.6. The fourth-order valence-electron chi connectivity index (χ4n) is 21.9. The Morgan fingerprint density at radius 2 is 0.880 bits per heavy atom. The highest BCUT2D eigenvalue weighted by Crippen LogP contribution is 2.43. The summed E-state index contributed by atoms with van der Waals surface area (Å²) < 4.78 is 66.4. The van der Waals surface area contributed by atoms with Crippen molar-refractivity contribution in [3.8, 4) is 0 Å². The normalized spacial score (nSPS) is 38.8. The van der Waals surface area contributed by atoms with E-state index in [9.17, 15) is 74.1 Å². The third kappa shape index (κ3) is 32.8. The van der Waals surface area contributed by atoms with Crippen molar-refractivity contribution < 1.29 is 126 Å². The summed E-state index contributed by atoms with van der Waals surface area (Å²) in [5, 5.41) is 79.8. The van der Waals surface area contributed by atoms with E-state index in [1.165, 1.54) is 16.9 Å². The van der Waals surface area contributed by atoms with Crippen LogP contribution in [0.1, 0.15) is 263 Å². The zero-order valence-corrected chi connectivity index (χ0v) is 88.0. The van der Waals surface area contributed by atoms with Crippen molar-refractivity contribution in [3.63, 3.8) is 0 Å². The molecule has 794 valence electrons. The molecule has 7 aliphatic heterocycles. The van der Waals surface area contributed by atoms with Gasteiger partial charge in [-0.25, -0.2) is 9.59 Å². The Balaban J connectivity index is 0.000000317. The van der Waals surface area contributed by atoms with Crippen LogP contribution in [0.15, 0.2) is 150 Å². The minimum Gasteiger partial charge on any atom is -0.460 e. The zero-order valence-electron chi connectivity index (χ0n) is 88.0. The third-order valence-electron chi connectivity index (χ3n) is 31.7. The van der Waals surface area contributed by atoms with Gasteiger partial charge in [0.15, 0.2) is 0 Å². The second kappa shape index (κ2) is 56.6. The zero-order chi connectivity index (χ0) is 104. The van der Waals surface area contributed by atoms with Gasteiger partial charge in [0.05, 0.1) is 75.3 Å². The number of benzene rings is 1. The number of rotatable bonds is 17. The molecule has 28 heteroatoms. The summed E-state index contributed by atoms with van der Waals surface area (Å²) in [6.07, 6.45) is 23.9. The lowest BCUT2D eigenvalue weighted by atomic mass is 9.78. The third-order valence-corrected chi connectivity index (χ3v) is 31.7. The molecule has 9 aliphatic rings. The number of aliphatic hydroxyl groups is 7. The number of Topliss-reactive ketones (excluding diaryl/α,β-unsaturated/α-hetero) is 4. The second-order valence-electron chi connectivity index (χ2n) is 43.1. The summed E-state index contributed by atoms with van der Waals surface area (Å²) in [6.45, 7) is 37.0. The molecule has 2 amide bonds. The number of esters is 2. The van der Waals surface area contributed by atoms with Crippen molar-refractivity contribution in [1.29, 1.82) is 0 Å². The van der Waals surface area contributed by atoms with E-state index >= 15 is 0 Å². The number of fused-ring (bicyclic) bond motifs is 6. The van der Waals surface area contributed by atoms with Crippen molar-refractivity contribution in [2.24, 2.45) is 76.9 Å². The Morgan fingerprint density at radius 1 is 0.472 bits per heavy atom. The summed E-state index contributed by atoms with van der Waals surface area (Å²) in [7, 11) is 6.23. The van der Waals surface area contributed by atoms with Crippen molar-refractivity contribution in [3.05, 3.63) is 155 Å². The lowest BCUT2D eigenvalue weighted by Crippen LogP contribution is -2.61. The number of piperidine rings is 2. The Labute approximate surface area is 845 Å². The Hall–Kier alpha value is -7.46. The highest BCUT2D eigenvalue weighted by Gasteiger charge is 2.56. The minimum atomic E-state index is -2.50. The van der Waals surface area contributed by atoms with E-state index in [-0.39, 0.29) is 129 Å². The van der Waals surface area contributed by atoms with E-state index in [0.717, 1.165) is 48.0 Å². The maximum absolute atomic E-state index is 14.5. The summed E-state index contributed by atoms with van der Waals surface area (Å²) in [5.74, 6) is -13.8. The lowest BCUT2D eigenvalue weighted by Gasteiger charge is -2.43. The molecular weight excluding hydrogens is 1810 g/mol. The van der Waals surface area contributed by atoms with Gasteiger partial charge in [-0.15, -0.1) is 0 Å². The van der Waals surface area contributed by atoms with Crippen molar-refractivity contribution in [2.45, 2.75) is 366 Å². The molecule has 0 spiro atoms. The van der Waals surface area contributed by atoms with Crippen molar-refractivity contribution >= 4 is 46.9 Å². The number of hydrogen-bond donors (Lipinski definition) is 7. The molecule has 4 bridgehead atoms. The Kier molecular flexibility index (Phi) is 47.1. The molecule has 2 aliphatic carbocycles. The summed E-state index contributed by atoms with van der Waals surface area (Å²) in [4.78, 5) is 118. The van der Waals surface area contributed by atoms with Crippen LogP contribution in [-0.4, -0.2) is 270 Å². The number of nitrogens with zero attached hydrogens (tertiary/aromatic N) is 2. The molecule has 1 aromatic rings. The maximum atomic E-state index is 14.5. The van der Waals surface area contributed by atoms with Gasteiger partial charge in [-0.3, -0.25) is 28.8 Å². The number of amides is 2. The molecule has 2 saturated carbocycles. The van der Waals surface area contributed by atoms with E-state index in [1.54, 1.807) is 75.0 Å². The number of aliphatic hydroxyl groups excluding tert-OH is 5. The minimum absolute atomic E-state index is 0.00547. The van der Waals surface area contributed by atoms with Crippen LogP contribution in [0.5, 0.6) is 0 Å². The number of methoxy groups -OCH3 is 4. The molecular formula is C114H172N2O26.